The Morgan fingerprint density at radius 2 is 2.06 bits per heavy atom. The molecule has 0 N–H and O–H groups in total. The van der Waals surface area contributed by atoms with Gasteiger partial charge in [-0.3, -0.25) is 0 Å². The van der Waals surface area contributed by atoms with E-state index in [0.717, 1.165) is 0 Å². The molecule has 1 heterocycles. The summed E-state index contributed by atoms with van der Waals surface area (Å²) in [6, 6.07) is 9.06. The van der Waals surface area contributed by atoms with Gasteiger partial charge in [0.1, 0.15) is 0 Å². The Morgan fingerprint density at radius 3 is 2.71 bits per heavy atom. The molecule has 0 aliphatic carbocycles. The number of hydrogen-bond donors (Lipinski definition) is 0. The van der Waals surface area contributed by atoms with E-state index >= 15 is 0 Å². The van der Waals surface area contributed by atoms with Gasteiger partial charge in [-0.2, -0.15) is 4.68 Å². The lowest BCUT2D eigenvalue weighted by Crippen LogP contribution is -2.13. The molecule has 0 aliphatic rings. The summed E-state index contributed by atoms with van der Waals surface area (Å²) >= 11 is 0. The average molecular weight is 234 g/mol. The maximum Gasteiger partial charge on any atom is 0.444 e. The summed E-state index contributed by atoms with van der Waals surface area (Å²) in [5.41, 5.74) is 0.653. The normalized spacial score (nSPS) is 10.8. The third kappa shape index (κ3) is 2.75. The minimum Gasteiger partial charge on any atom is -0.449 e. The Hall–Kier alpha value is -2.04. The van der Waals surface area contributed by atoms with E-state index in [1.807, 2.05) is 32.0 Å². The van der Waals surface area contributed by atoms with Crippen LogP contribution in [0, 0.1) is 5.92 Å². The van der Waals surface area contributed by atoms with Crippen LogP contribution in [0.3, 0.4) is 0 Å². The summed E-state index contributed by atoms with van der Waals surface area (Å²) in [4.78, 5) is 11.5. The third-order valence-electron chi connectivity index (χ3n) is 2.07. The van der Waals surface area contributed by atoms with E-state index in [-0.39, 0.29) is 6.08 Å². The molecule has 5 nitrogen and oxygen atoms in total. The van der Waals surface area contributed by atoms with Gasteiger partial charge in [0.05, 0.1) is 12.3 Å². The van der Waals surface area contributed by atoms with Crippen molar-refractivity contribution in [1.82, 2.24) is 9.78 Å². The van der Waals surface area contributed by atoms with Crippen LogP contribution < -0.4 is 10.5 Å². The lowest BCUT2D eigenvalue weighted by molar-refractivity contribution is 0.198. The fraction of sp³-hybridized carbons (Fsp3) is 0.333. The van der Waals surface area contributed by atoms with E-state index in [0.29, 0.717) is 18.2 Å². The monoisotopic (exact) mass is 234 g/mol. The van der Waals surface area contributed by atoms with Gasteiger partial charge in [-0.25, -0.2) is 4.79 Å². The molecule has 0 radical (unpaired) electrons. The molecule has 5 heteroatoms. The second-order valence-corrected chi connectivity index (χ2v) is 4.09. The van der Waals surface area contributed by atoms with E-state index in [4.69, 9.17) is 9.15 Å². The molecule has 2 aromatic rings. The van der Waals surface area contributed by atoms with E-state index in [1.54, 1.807) is 12.1 Å². The fourth-order valence-electron chi connectivity index (χ4n) is 1.29. The molecule has 0 aliphatic heterocycles. The Morgan fingerprint density at radius 1 is 1.35 bits per heavy atom. The van der Waals surface area contributed by atoms with Crippen molar-refractivity contribution in [2.24, 2.45) is 5.92 Å². The quantitative estimate of drug-likeness (QED) is 0.810. The third-order valence-corrected chi connectivity index (χ3v) is 2.07. The Bertz CT molecular complexity index is 528. The summed E-state index contributed by atoms with van der Waals surface area (Å²) in [6.45, 7) is 4.48. The second kappa shape index (κ2) is 4.86. The SMILES string of the molecule is CC(C)COc1nn(-c2ccccc2)c(=O)o1. The van der Waals surface area contributed by atoms with Gasteiger partial charge in [0.25, 0.3) is 0 Å². The van der Waals surface area contributed by atoms with E-state index < -0.39 is 5.76 Å². The number of aromatic nitrogens is 2. The van der Waals surface area contributed by atoms with Crippen LogP contribution in [-0.2, 0) is 0 Å². The molecule has 1 aromatic heterocycles. The lowest BCUT2D eigenvalue weighted by atomic mass is 10.2. The fourth-order valence-corrected chi connectivity index (χ4v) is 1.29. The predicted octanol–water partition coefficient (Wildman–Crippen LogP) is 1.86. The molecule has 0 saturated carbocycles. The van der Waals surface area contributed by atoms with Gasteiger partial charge in [-0.15, -0.1) is 0 Å². The number of para-hydroxylation sites is 1. The maximum absolute atomic E-state index is 11.5. The van der Waals surface area contributed by atoms with Crippen LogP contribution in [0.2, 0.25) is 0 Å². The molecule has 0 amide bonds. The molecule has 0 spiro atoms. The summed E-state index contributed by atoms with van der Waals surface area (Å²) in [6.07, 6.45) is 0.00699. The molecular weight excluding hydrogens is 220 g/mol. The highest BCUT2D eigenvalue weighted by Gasteiger charge is 2.10. The number of benzene rings is 1. The van der Waals surface area contributed by atoms with Crippen molar-refractivity contribution in [3.8, 4) is 11.8 Å². The Labute approximate surface area is 98.6 Å². The zero-order valence-electron chi connectivity index (χ0n) is 9.79. The molecule has 90 valence electrons. The largest absolute Gasteiger partial charge is 0.449 e. The number of rotatable bonds is 4. The van der Waals surface area contributed by atoms with Gasteiger partial charge in [0, 0.05) is 0 Å². The van der Waals surface area contributed by atoms with Crippen LogP contribution in [0.15, 0.2) is 39.5 Å². The zero-order valence-corrected chi connectivity index (χ0v) is 9.79. The van der Waals surface area contributed by atoms with Crippen molar-refractivity contribution < 1.29 is 9.15 Å². The number of ether oxygens (including phenoxy) is 1. The predicted molar refractivity (Wildman–Crippen MR) is 62.4 cm³/mol. The van der Waals surface area contributed by atoms with Crippen LogP contribution in [0.25, 0.3) is 5.69 Å². The summed E-state index contributed by atoms with van der Waals surface area (Å²) in [5, 5.41) is 3.97. The van der Waals surface area contributed by atoms with Gasteiger partial charge in [-0.1, -0.05) is 37.1 Å². The summed E-state index contributed by atoms with van der Waals surface area (Å²) in [5.74, 6) is -0.197. The van der Waals surface area contributed by atoms with Gasteiger partial charge in [0.15, 0.2) is 0 Å². The standard InChI is InChI=1S/C12H14N2O3/c1-9(2)8-16-11-13-14(12(15)17-11)10-6-4-3-5-7-10/h3-7,9H,8H2,1-2H3. The first-order chi connectivity index (χ1) is 8.16. The van der Waals surface area contributed by atoms with E-state index in [9.17, 15) is 4.79 Å². The number of hydrogen-bond acceptors (Lipinski definition) is 4. The first-order valence-electron chi connectivity index (χ1n) is 5.45. The molecule has 0 saturated heterocycles. The van der Waals surface area contributed by atoms with Crippen molar-refractivity contribution >= 4 is 0 Å². The van der Waals surface area contributed by atoms with Crippen molar-refractivity contribution in [3.05, 3.63) is 40.9 Å². The van der Waals surface area contributed by atoms with Crippen LogP contribution in [0.1, 0.15) is 13.8 Å². The van der Waals surface area contributed by atoms with Crippen molar-refractivity contribution in [2.45, 2.75) is 13.8 Å². The highest BCUT2D eigenvalue weighted by atomic mass is 16.6. The molecule has 0 unspecified atom stereocenters. The molecule has 17 heavy (non-hydrogen) atoms. The van der Waals surface area contributed by atoms with Crippen LogP contribution in [0.5, 0.6) is 6.08 Å². The Kier molecular flexibility index (Phi) is 3.27. The van der Waals surface area contributed by atoms with Crippen molar-refractivity contribution in [1.29, 1.82) is 0 Å². The molecule has 0 fully saturated rings. The molecular formula is C12H14N2O3. The first-order valence-corrected chi connectivity index (χ1v) is 5.45. The zero-order chi connectivity index (χ0) is 12.3. The lowest BCUT2D eigenvalue weighted by Gasteiger charge is -2.02. The van der Waals surface area contributed by atoms with Gasteiger partial charge in [0.2, 0.25) is 0 Å². The molecule has 2 rings (SSSR count). The topological polar surface area (TPSA) is 57.3 Å². The molecule has 1 aromatic carbocycles. The maximum atomic E-state index is 11.5. The van der Waals surface area contributed by atoms with Crippen LogP contribution in [-0.4, -0.2) is 16.4 Å². The van der Waals surface area contributed by atoms with E-state index in [2.05, 4.69) is 5.10 Å². The summed E-state index contributed by atoms with van der Waals surface area (Å²) < 4.78 is 11.3. The smallest absolute Gasteiger partial charge is 0.444 e. The van der Waals surface area contributed by atoms with Gasteiger partial charge in [-0.05, 0) is 18.1 Å². The summed E-state index contributed by atoms with van der Waals surface area (Å²) in [7, 11) is 0. The first kappa shape index (κ1) is 11.4. The Balaban J connectivity index is 2.23. The highest BCUT2D eigenvalue weighted by Crippen LogP contribution is 2.08. The van der Waals surface area contributed by atoms with Gasteiger partial charge >= 0.3 is 11.8 Å². The van der Waals surface area contributed by atoms with Crippen LogP contribution >= 0.6 is 0 Å². The minimum absolute atomic E-state index is 0.00699. The highest BCUT2D eigenvalue weighted by molar-refractivity contribution is 5.29. The van der Waals surface area contributed by atoms with Crippen molar-refractivity contribution in [2.75, 3.05) is 6.61 Å². The minimum atomic E-state index is -0.546. The molecule has 0 atom stereocenters. The van der Waals surface area contributed by atoms with Gasteiger partial charge < -0.3 is 9.15 Å². The van der Waals surface area contributed by atoms with E-state index in [1.165, 1.54) is 4.68 Å². The number of nitrogens with zero attached hydrogens (tertiary/aromatic N) is 2. The van der Waals surface area contributed by atoms with Crippen molar-refractivity contribution in [3.63, 3.8) is 0 Å². The average Bonchev–Trinajstić information content (AvgIpc) is 2.69. The molecule has 0 bridgehead atoms. The second-order valence-electron chi connectivity index (χ2n) is 4.09. The van der Waals surface area contributed by atoms with Crippen LogP contribution in [0.4, 0.5) is 0 Å².